The molecule has 0 spiro atoms. The van der Waals surface area contributed by atoms with Crippen LogP contribution in [0.5, 0.6) is 0 Å². The van der Waals surface area contributed by atoms with E-state index < -0.39 is 5.97 Å². The van der Waals surface area contributed by atoms with Gasteiger partial charge in [0.25, 0.3) is 0 Å². The van der Waals surface area contributed by atoms with Crippen molar-refractivity contribution >= 4 is 5.97 Å². The summed E-state index contributed by atoms with van der Waals surface area (Å²) < 4.78 is 0. The Morgan fingerprint density at radius 3 is 2.07 bits per heavy atom. The van der Waals surface area contributed by atoms with E-state index in [2.05, 4.69) is 19.1 Å². The summed E-state index contributed by atoms with van der Waals surface area (Å²) >= 11 is 0. The Morgan fingerprint density at radius 1 is 1.00 bits per heavy atom. The molecule has 1 N–H and O–H groups in total. The van der Waals surface area contributed by atoms with Crippen molar-refractivity contribution in [1.29, 1.82) is 0 Å². The van der Waals surface area contributed by atoms with Crippen molar-refractivity contribution in [1.82, 2.24) is 0 Å². The minimum Gasteiger partial charge on any atom is -0.481 e. The molecule has 0 unspecified atom stereocenters. The third-order valence-corrected chi connectivity index (χ3v) is 2.50. The summed E-state index contributed by atoms with van der Waals surface area (Å²) in [6.45, 7) is 2.06. The molecule has 0 fully saturated rings. The number of allylic oxidation sites excluding steroid dienone is 2. The van der Waals surface area contributed by atoms with Gasteiger partial charge >= 0.3 is 5.97 Å². The van der Waals surface area contributed by atoms with E-state index in [-0.39, 0.29) is 0 Å². The molecule has 0 heterocycles. The monoisotopic (exact) mass is 212 g/mol. The van der Waals surface area contributed by atoms with E-state index in [1.807, 2.05) is 0 Å². The molecular weight excluding hydrogens is 188 g/mol. The SMILES string of the molecule is C/C=C\CCCCCCCCCC(=O)O. The molecule has 0 aromatic rings. The molecule has 2 nitrogen and oxygen atoms in total. The number of carbonyl (C=O) groups is 1. The highest BCUT2D eigenvalue weighted by Gasteiger charge is 1.96. The van der Waals surface area contributed by atoms with Crippen LogP contribution in [0.3, 0.4) is 0 Å². The van der Waals surface area contributed by atoms with E-state index in [1.165, 1.54) is 38.5 Å². The normalized spacial score (nSPS) is 11.0. The number of hydrogen-bond donors (Lipinski definition) is 1. The maximum atomic E-state index is 10.2. The molecule has 0 aliphatic carbocycles. The lowest BCUT2D eigenvalue weighted by molar-refractivity contribution is -0.137. The van der Waals surface area contributed by atoms with Crippen LogP contribution in [0.25, 0.3) is 0 Å². The molecule has 0 bridgehead atoms. The van der Waals surface area contributed by atoms with Crippen LogP contribution in [0.2, 0.25) is 0 Å². The number of hydrogen-bond acceptors (Lipinski definition) is 1. The molecule has 0 amide bonds. The maximum Gasteiger partial charge on any atom is 0.303 e. The van der Waals surface area contributed by atoms with Gasteiger partial charge in [0.1, 0.15) is 0 Å². The Morgan fingerprint density at radius 2 is 1.53 bits per heavy atom. The second kappa shape index (κ2) is 11.3. The molecule has 2 heteroatoms. The predicted octanol–water partition coefficient (Wildman–Crippen LogP) is 4.16. The summed E-state index contributed by atoms with van der Waals surface area (Å²) in [5.41, 5.74) is 0. The molecule has 0 aromatic carbocycles. The zero-order chi connectivity index (χ0) is 11.4. The fourth-order valence-electron chi connectivity index (χ4n) is 1.59. The van der Waals surface area contributed by atoms with Gasteiger partial charge in [0, 0.05) is 6.42 Å². The summed E-state index contributed by atoms with van der Waals surface area (Å²) in [5.74, 6) is -0.665. The fourth-order valence-corrected chi connectivity index (χ4v) is 1.59. The molecule has 88 valence electrons. The van der Waals surface area contributed by atoms with Gasteiger partial charge in [0.05, 0.1) is 0 Å². The summed E-state index contributed by atoms with van der Waals surface area (Å²) in [4.78, 5) is 10.2. The van der Waals surface area contributed by atoms with E-state index in [1.54, 1.807) is 0 Å². The molecule has 0 aliphatic rings. The maximum absolute atomic E-state index is 10.2. The highest BCUT2D eigenvalue weighted by molar-refractivity contribution is 5.66. The largest absolute Gasteiger partial charge is 0.481 e. The Hall–Kier alpha value is -0.790. The van der Waals surface area contributed by atoms with Crippen molar-refractivity contribution in [3.63, 3.8) is 0 Å². The first-order valence-corrected chi connectivity index (χ1v) is 6.10. The molecule has 15 heavy (non-hydrogen) atoms. The van der Waals surface area contributed by atoms with Crippen molar-refractivity contribution < 1.29 is 9.90 Å². The molecular formula is C13H24O2. The van der Waals surface area contributed by atoms with Crippen molar-refractivity contribution in [2.45, 2.75) is 64.7 Å². The van der Waals surface area contributed by atoms with Crippen LogP contribution >= 0.6 is 0 Å². The number of aliphatic carboxylic acids is 1. The van der Waals surface area contributed by atoms with E-state index in [9.17, 15) is 4.79 Å². The van der Waals surface area contributed by atoms with Crippen LogP contribution in [-0.2, 0) is 4.79 Å². The van der Waals surface area contributed by atoms with Gasteiger partial charge in [-0.2, -0.15) is 0 Å². The first-order valence-electron chi connectivity index (χ1n) is 6.10. The Balaban J connectivity index is 2.95. The zero-order valence-corrected chi connectivity index (χ0v) is 9.87. The standard InChI is InChI=1S/C13H24O2/c1-2-3-4-5-6-7-8-9-10-11-12-13(14)15/h2-3H,4-12H2,1H3,(H,14,15)/b3-2-. The summed E-state index contributed by atoms with van der Waals surface area (Å²) in [6, 6.07) is 0. The molecule has 0 aromatic heterocycles. The van der Waals surface area contributed by atoms with Gasteiger partial charge in [-0.15, -0.1) is 0 Å². The van der Waals surface area contributed by atoms with Gasteiger partial charge in [0.15, 0.2) is 0 Å². The van der Waals surface area contributed by atoms with Crippen LogP contribution in [0, 0.1) is 0 Å². The molecule has 0 atom stereocenters. The van der Waals surface area contributed by atoms with Crippen molar-refractivity contribution in [2.75, 3.05) is 0 Å². The fraction of sp³-hybridized carbons (Fsp3) is 0.769. The van der Waals surface area contributed by atoms with E-state index in [0.717, 1.165) is 12.8 Å². The number of carboxylic acids is 1. The van der Waals surface area contributed by atoms with Crippen LogP contribution in [0.4, 0.5) is 0 Å². The first kappa shape index (κ1) is 14.2. The van der Waals surface area contributed by atoms with E-state index >= 15 is 0 Å². The lowest BCUT2D eigenvalue weighted by Crippen LogP contribution is -1.93. The Labute approximate surface area is 93.4 Å². The topological polar surface area (TPSA) is 37.3 Å². The van der Waals surface area contributed by atoms with E-state index in [0.29, 0.717) is 6.42 Å². The quantitative estimate of drug-likeness (QED) is 0.436. The molecule has 0 aliphatic heterocycles. The molecule has 0 radical (unpaired) electrons. The summed E-state index contributed by atoms with van der Waals surface area (Å²) in [5, 5.41) is 8.43. The minimum atomic E-state index is -0.665. The van der Waals surface area contributed by atoms with Gasteiger partial charge in [-0.25, -0.2) is 0 Å². The van der Waals surface area contributed by atoms with Crippen LogP contribution < -0.4 is 0 Å². The zero-order valence-electron chi connectivity index (χ0n) is 9.87. The average molecular weight is 212 g/mol. The van der Waals surface area contributed by atoms with Crippen molar-refractivity contribution in [3.8, 4) is 0 Å². The van der Waals surface area contributed by atoms with Crippen molar-refractivity contribution in [3.05, 3.63) is 12.2 Å². The second-order valence-electron chi connectivity index (χ2n) is 3.98. The average Bonchev–Trinajstić information content (AvgIpc) is 2.20. The van der Waals surface area contributed by atoms with Crippen LogP contribution in [0.15, 0.2) is 12.2 Å². The third-order valence-electron chi connectivity index (χ3n) is 2.50. The number of rotatable bonds is 10. The van der Waals surface area contributed by atoms with E-state index in [4.69, 9.17) is 5.11 Å². The van der Waals surface area contributed by atoms with Crippen molar-refractivity contribution in [2.24, 2.45) is 0 Å². The predicted molar refractivity (Wildman–Crippen MR) is 64.0 cm³/mol. The van der Waals surface area contributed by atoms with Crippen LogP contribution in [0.1, 0.15) is 64.7 Å². The Kier molecular flexibility index (Phi) is 10.7. The number of carboxylic acid groups (broad SMARTS) is 1. The lowest BCUT2D eigenvalue weighted by atomic mass is 10.1. The van der Waals surface area contributed by atoms with Gasteiger partial charge in [-0.1, -0.05) is 44.3 Å². The van der Waals surface area contributed by atoms with Gasteiger partial charge in [-0.3, -0.25) is 4.79 Å². The highest BCUT2D eigenvalue weighted by Crippen LogP contribution is 2.09. The van der Waals surface area contributed by atoms with Gasteiger partial charge in [0.2, 0.25) is 0 Å². The van der Waals surface area contributed by atoms with Crippen LogP contribution in [-0.4, -0.2) is 11.1 Å². The van der Waals surface area contributed by atoms with Gasteiger partial charge in [-0.05, 0) is 26.2 Å². The molecule has 0 saturated heterocycles. The molecule has 0 saturated carbocycles. The minimum absolute atomic E-state index is 0.335. The summed E-state index contributed by atoms with van der Waals surface area (Å²) in [7, 11) is 0. The van der Waals surface area contributed by atoms with Gasteiger partial charge < -0.3 is 5.11 Å². The molecule has 0 rings (SSSR count). The highest BCUT2D eigenvalue weighted by atomic mass is 16.4. The first-order chi connectivity index (χ1) is 7.27. The third kappa shape index (κ3) is 13.2. The lowest BCUT2D eigenvalue weighted by Gasteiger charge is -1.99. The second-order valence-corrected chi connectivity index (χ2v) is 3.98. The Bertz CT molecular complexity index is 173. The smallest absolute Gasteiger partial charge is 0.303 e. The summed E-state index contributed by atoms with van der Waals surface area (Å²) in [6.07, 6.45) is 14.1. The number of unbranched alkanes of at least 4 members (excludes halogenated alkanes) is 7.